The Morgan fingerprint density at radius 3 is 1.36 bits per heavy atom. The molecule has 0 aliphatic rings. The van der Waals surface area contributed by atoms with Gasteiger partial charge in [-0.05, 0) is 13.8 Å². The number of likely N-dealkylation sites (N-methyl/N-ethyl adjacent to an activating group) is 1. The van der Waals surface area contributed by atoms with Crippen LogP contribution in [0.25, 0.3) is 0 Å². The van der Waals surface area contributed by atoms with E-state index < -0.39 is 5.91 Å². The molecule has 0 radical (unpaired) electrons. The summed E-state index contributed by atoms with van der Waals surface area (Å²) >= 11 is 0. The number of amides is 2. The first-order valence-electron chi connectivity index (χ1n) is 4.02. The molecule has 4 heteroatoms. The average molecular weight is 198 g/mol. The minimum Gasteiger partial charge on any atom is -0.366 e. The van der Waals surface area contributed by atoms with Gasteiger partial charge >= 0.3 is 0 Å². The lowest BCUT2D eigenvalue weighted by Gasteiger charge is -2.07. The van der Waals surface area contributed by atoms with Crippen molar-refractivity contribution in [2.45, 2.75) is 13.8 Å². The summed E-state index contributed by atoms with van der Waals surface area (Å²) in [6.07, 6.45) is 0. The van der Waals surface area contributed by atoms with Gasteiger partial charge in [0.05, 0.1) is 0 Å². The van der Waals surface area contributed by atoms with Crippen LogP contribution >= 0.6 is 0 Å². The molecule has 0 spiro atoms. The molecule has 0 heterocycles. The van der Waals surface area contributed by atoms with Crippen molar-refractivity contribution >= 4 is 11.8 Å². The van der Waals surface area contributed by atoms with Crippen molar-refractivity contribution in [1.29, 1.82) is 0 Å². The van der Waals surface area contributed by atoms with Crippen LogP contribution in [0.2, 0.25) is 0 Å². The summed E-state index contributed by atoms with van der Waals surface area (Å²) in [5.41, 5.74) is 5.67. The minimum atomic E-state index is -0.435. The van der Waals surface area contributed by atoms with E-state index >= 15 is 0 Å². The fraction of sp³-hybridized carbons (Fsp3) is 0.400. The zero-order valence-electron chi connectivity index (χ0n) is 9.26. The van der Waals surface area contributed by atoms with Crippen LogP contribution < -0.4 is 5.73 Å². The third-order valence-electron chi connectivity index (χ3n) is 1.19. The van der Waals surface area contributed by atoms with Crippen molar-refractivity contribution in [2.24, 2.45) is 5.73 Å². The molecule has 0 saturated carbocycles. The first kappa shape index (κ1) is 14.9. The fourth-order valence-corrected chi connectivity index (χ4v) is 0.382. The fourth-order valence-electron chi connectivity index (χ4n) is 0.382. The topological polar surface area (TPSA) is 63.4 Å². The molecule has 2 amide bonds. The molecule has 4 nitrogen and oxygen atoms in total. The second-order valence-corrected chi connectivity index (χ2v) is 3.12. The van der Waals surface area contributed by atoms with Gasteiger partial charge in [0.25, 0.3) is 0 Å². The Morgan fingerprint density at radius 2 is 1.36 bits per heavy atom. The van der Waals surface area contributed by atoms with Crippen molar-refractivity contribution in [3.05, 3.63) is 24.3 Å². The Morgan fingerprint density at radius 1 is 1.07 bits per heavy atom. The maximum Gasteiger partial charge on any atom is 0.248 e. The van der Waals surface area contributed by atoms with Crippen LogP contribution in [0.15, 0.2) is 24.3 Å². The van der Waals surface area contributed by atoms with Gasteiger partial charge in [-0.1, -0.05) is 13.2 Å². The zero-order valence-corrected chi connectivity index (χ0v) is 9.26. The summed E-state index contributed by atoms with van der Waals surface area (Å²) in [4.78, 5) is 22.0. The van der Waals surface area contributed by atoms with Crippen LogP contribution in [0.3, 0.4) is 0 Å². The number of carbonyl (C=O) groups is 2. The average Bonchev–Trinajstić information content (AvgIpc) is 2.03. The Kier molecular flexibility index (Phi) is 7.34. The van der Waals surface area contributed by atoms with E-state index in [1.807, 2.05) is 0 Å². The molecule has 2 N–H and O–H groups in total. The van der Waals surface area contributed by atoms with Gasteiger partial charge in [0, 0.05) is 25.2 Å². The highest BCUT2D eigenvalue weighted by Crippen LogP contribution is 1.90. The molecule has 0 rings (SSSR count). The molecule has 0 atom stereocenters. The minimum absolute atomic E-state index is 0.00926. The Labute approximate surface area is 85.1 Å². The van der Waals surface area contributed by atoms with Crippen molar-refractivity contribution in [2.75, 3.05) is 14.1 Å². The first-order valence-corrected chi connectivity index (χ1v) is 4.02. The summed E-state index contributed by atoms with van der Waals surface area (Å²) < 4.78 is 0. The number of hydrogen-bond acceptors (Lipinski definition) is 2. The third kappa shape index (κ3) is 8.52. The van der Waals surface area contributed by atoms with Gasteiger partial charge in [-0.2, -0.15) is 0 Å². The molecule has 0 aromatic heterocycles. The van der Waals surface area contributed by atoms with E-state index in [1.165, 1.54) is 4.90 Å². The van der Waals surface area contributed by atoms with Crippen LogP contribution in [0.4, 0.5) is 0 Å². The number of primary amides is 1. The lowest BCUT2D eigenvalue weighted by Crippen LogP contribution is -2.21. The second kappa shape index (κ2) is 6.88. The van der Waals surface area contributed by atoms with Gasteiger partial charge < -0.3 is 10.6 Å². The number of carbonyl (C=O) groups excluding carboxylic acids is 2. The van der Waals surface area contributed by atoms with E-state index in [9.17, 15) is 9.59 Å². The number of nitrogens with two attached hydrogens (primary N) is 1. The predicted molar refractivity (Wildman–Crippen MR) is 57.5 cm³/mol. The van der Waals surface area contributed by atoms with Gasteiger partial charge in [-0.3, -0.25) is 9.59 Å². The predicted octanol–water partition coefficient (Wildman–Crippen LogP) is 0.699. The highest BCUT2D eigenvalue weighted by molar-refractivity contribution is 5.91. The molecular weight excluding hydrogens is 180 g/mol. The molecule has 0 aliphatic carbocycles. The van der Waals surface area contributed by atoms with E-state index in [-0.39, 0.29) is 5.91 Å². The molecule has 0 bridgehead atoms. The van der Waals surface area contributed by atoms with Crippen LogP contribution in [0.1, 0.15) is 13.8 Å². The first-order chi connectivity index (χ1) is 6.20. The summed E-state index contributed by atoms with van der Waals surface area (Å²) in [5.74, 6) is -0.444. The number of rotatable bonds is 2. The molecule has 0 saturated heterocycles. The lowest BCUT2D eigenvalue weighted by atomic mass is 10.3. The molecule has 0 aromatic carbocycles. The van der Waals surface area contributed by atoms with Crippen molar-refractivity contribution < 1.29 is 9.59 Å². The summed E-state index contributed by atoms with van der Waals surface area (Å²) in [6.45, 7) is 10.0. The van der Waals surface area contributed by atoms with Gasteiger partial charge in [0.1, 0.15) is 0 Å². The maximum atomic E-state index is 10.7. The van der Waals surface area contributed by atoms with Crippen LogP contribution in [0.5, 0.6) is 0 Å². The zero-order chi connectivity index (χ0) is 11.9. The normalized spacial score (nSPS) is 8.00. The highest BCUT2D eigenvalue weighted by atomic mass is 16.2. The monoisotopic (exact) mass is 198 g/mol. The van der Waals surface area contributed by atoms with E-state index in [0.717, 1.165) is 0 Å². The Balaban J connectivity index is 0. The SMILES string of the molecule is C=C(C)C(=O)N(C)C.C=C(C)C(N)=O. The van der Waals surface area contributed by atoms with Gasteiger partial charge in [-0.25, -0.2) is 0 Å². The summed E-state index contributed by atoms with van der Waals surface area (Å²) in [7, 11) is 3.41. The van der Waals surface area contributed by atoms with E-state index in [1.54, 1.807) is 27.9 Å². The summed E-state index contributed by atoms with van der Waals surface area (Å²) in [5, 5.41) is 0. The van der Waals surface area contributed by atoms with Crippen LogP contribution in [0, 0.1) is 0 Å². The molecule has 14 heavy (non-hydrogen) atoms. The van der Waals surface area contributed by atoms with Crippen molar-refractivity contribution in [3.63, 3.8) is 0 Å². The van der Waals surface area contributed by atoms with Gasteiger partial charge in [0.2, 0.25) is 11.8 Å². The molecule has 0 aliphatic heterocycles. The van der Waals surface area contributed by atoms with Gasteiger partial charge in [0.15, 0.2) is 0 Å². The standard InChI is InChI=1S/C6H11NO.C4H7NO/c1-5(2)6(8)7(3)4;1-3(2)4(5)6/h1H2,2-4H3;1H2,2H3,(H2,5,6). The molecular formula is C10H18N2O2. The maximum absolute atomic E-state index is 10.7. The van der Waals surface area contributed by atoms with Crippen molar-refractivity contribution in [1.82, 2.24) is 4.90 Å². The number of hydrogen-bond donors (Lipinski definition) is 1. The second-order valence-electron chi connectivity index (χ2n) is 3.12. The van der Waals surface area contributed by atoms with Crippen LogP contribution in [-0.4, -0.2) is 30.8 Å². The lowest BCUT2D eigenvalue weighted by molar-refractivity contribution is -0.124. The van der Waals surface area contributed by atoms with E-state index in [2.05, 4.69) is 13.2 Å². The molecule has 0 unspecified atom stereocenters. The Bertz CT molecular complexity index is 243. The van der Waals surface area contributed by atoms with E-state index in [0.29, 0.717) is 11.1 Å². The molecule has 0 aromatic rings. The molecule has 80 valence electrons. The smallest absolute Gasteiger partial charge is 0.248 e. The largest absolute Gasteiger partial charge is 0.366 e. The van der Waals surface area contributed by atoms with Crippen molar-refractivity contribution in [3.8, 4) is 0 Å². The summed E-state index contributed by atoms with van der Waals surface area (Å²) in [6, 6.07) is 0. The third-order valence-corrected chi connectivity index (χ3v) is 1.19. The highest BCUT2D eigenvalue weighted by Gasteiger charge is 2.01. The van der Waals surface area contributed by atoms with E-state index in [4.69, 9.17) is 5.73 Å². The Hall–Kier alpha value is -1.58. The van der Waals surface area contributed by atoms with Gasteiger partial charge in [-0.15, -0.1) is 0 Å². The van der Waals surface area contributed by atoms with Crippen LogP contribution in [-0.2, 0) is 9.59 Å². The molecule has 0 fully saturated rings. The number of nitrogens with zero attached hydrogens (tertiary/aromatic N) is 1. The quantitative estimate of drug-likeness (QED) is 0.664.